The molecule has 0 saturated heterocycles. The highest BCUT2D eigenvalue weighted by Gasteiger charge is 2.34. The summed E-state index contributed by atoms with van der Waals surface area (Å²) in [4.78, 5) is 14.5. The average molecular weight is 301 g/mol. The molecule has 1 saturated carbocycles. The quantitative estimate of drug-likeness (QED) is 0.908. The Balaban J connectivity index is 1.73. The van der Waals surface area contributed by atoms with Crippen molar-refractivity contribution in [3.8, 4) is 0 Å². The van der Waals surface area contributed by atoms with Gasteiger partial charge >= 0.3 is 6.03 Å². The van der Waals surface area contributed by atoms with Crippen molar-refractivity contribution < 1.29 is 4.79 Å². The van der Waals surface area contributed by atoms with Crippen LogP contribution in [0.4, 0.5) is 10.5 Å². The van der Waals surface area contributed by atoms with E-state index in [1.165, 1.54) is 24.4 Å². The molecule has 1 N–H and O–H groups in total. The fraction of sp³-hybridized carbons (Fsp3) is 0.375. The molecule has 21 heavy (non-hydrogen) atoms. The topological polar surface area (TPSA) is 45.2 Å². The maximum absolute atomic E-state index is 12.6. The molecule has 1 heterocycles. The largest absolute Gasteiger partial charge is 0.322 e. The van der Waals surface area contributed by atoms with Crippen molar-refractivity contribution in [3.05, 3.63) is 47.5 Å². The molecule has 1 unspecified atom stereocenters. The first-order chi connectivity index (χ1) is 10.2. The van der Waals surface area contributed by atoms with Crippen LogP contribution in [0.5, 0.6) is 0 Å². The third-order valence-electron chi connectivity index (χ3n) is 3.94. The molecule has 0 spiro atoms. The number of carbonyl (C=O) groups is 1. The number of hydrogen-bond donors (Lipinski definition) is 1. The standard InChI is InChI=1S/C16H19N3OS/c1-12(14-7-8-14)19(10-13-5-3-2-4-6-13)16(20)18-15-9-17-21-11-15/h2-6,9,11-12,14H,7-8,10H2,1H3,(H,18,20). The van der Waals surface area contributed by atoms with Gasteiger partial charge in [-0.05, 0) is 42.8 Å². The second kappa shape index (κ2) is 6.26. The molecule has 1 aromatic carbocycles. The molecule has 110 valence electrons. The number of urea groups is 1. The Hall–Kier alpha value is -1.88. The highest BCUT2D eigenvalue weighted by Crippen LogP contribution is 2.35. The first-order valence-corrected chi connectivity index (χ1v) is 8.08. The van der Waals surface area contributed by atoms with Gasteiger partial charge in [0.25, 0.3) is 0 Å². The van der Waals surface area contributed by atoms with E-state index >= 15 is 0 Å². The Morgan fingerprint density at radius 3 is 2.81 bits per heavy atom. The lowest BCUT2D eigenvalue weighted by molar-refractivity contribution is 0.181. The molecule has 1 atom stereocenters. The number of anilines is 1. The lowest BCUT2D eigenvalue weighted by Crippen LogP contribution is -2.42. The normalized spacial score (nSPS) is 15.5. The summed E-state index contributed by atoms with van der Waals surface area (Å²) in [6.07, 6.45) is 4.13. The molecule has 1 aliphatic carbocycles. The zero-order valence-electron chi connectivity index (χ0n) is 12.0. The van der Waals surface area contributed by atoms with E-state index in [1.807, 2.05) is 28.5 Å². The minimum atomic E-state index is -0.0431. The van der Waals surface area contributed by atoms with Crippen LogP contribution in [0, 0.1) is 5.92 Å². The monoisotopic (exact) mass is 301 g/mol. The van der Waals surface area contributed by atoms with Crippen molar-refractivity contribution in [2.45, 2.75) is 32.4 Å². The number of nitrogens with zero attached hydrogens (tertiary/aromatic N) is 2. The highest BCUT2D eigenvalue weighted by atomic mass is 32.1. The molecular weight excluding hydrogens is 282 g/mol. The SMILES string of the molecule is CC(C1CC1)N(Cc1ccccc1)C(=O)Nc1cnsc1. The van der Waals surface area contributed by atoms with Crippen LogP contribution in [0.2, 0.25) is 0 Å². The zero-order valence-corrected chi connectivity index (χ0v) is 12.8. The Morgan fingerprint density at radius 2 is 2.19 bits per heavy atom. The van der Waals surface area contributed by atoms with E-state index in [-0.39, 0.29) is 12.1 Å². The van der Waals surface area contributed by atoms with E-state index in [1.54, 1.807) is 6.20 Å². The highest BCUT2D eigenvalue weighted by molar-refractivity contribution is 7.04. The van der Waals surface area contributed by atoms with Crippen molar-refractivity contribution >= 4 is 23.3 Å². The molecule has 2 amide bonds. The second-order valence-electron chi connectivity index (χ2n) is 5.53. The molecule has 1 fully saturated rings. The van der Waals surface area contributed by atoms with Crippen molar-refractivity contribution in [1.29, 1.82) is 0 Å². The minimum absolute atomic E-state index is 0.0431. The summed E-state index contributed by atoms with van der Waals surface area (Å²) in [5.41, 5.74) is 1.93. The smallest absolute Gasteiger partial charge is 0.317 e. The van der Waals surface area contributed by atoms with Crippen LogP contribution < -0.4 is 5.32 Å². The van der Waals surface area contributed by atoms with Crippen molar-refractivity contribution in [3.63, 3.8) is 0 Å². The number of nitrogens with one attached hydrogen (secondary N) is 1. The second-order valence-corrected chi connectivity index (χ2v) is 6.19. The van der Waals surface area contributed by atoms with Crippen LogP contribution in [-0.2, 0) is 6.54 Å². The van der Waals surface area contributed by atoms with Gasteiger partial charge in [-0.2, -0.15) is 4.37 Å². The molecule has 5 heteroatoms. The van der Waals surface area contributed by atoms with Gasteiger partial charge in [-0.25, -0.2) is 4.79 Å². The van der Waals surface area contributed by atoms with E-state index in [0.29, 0.717) is 12.5 Å². The van der Waals surface area contributed by atoms with Gasteiger partial charge in [0.15, 0.2) is 0 Å². The van der Waals surface area contributed by atoms with Crippen LogP contribution in [-0.4, -0.2) is 21.3 Å². The van der Waals surface area contributed by atoms with Crippen LogP contribution in [0.25, 0.3) is 0 Å². The van der Waals surface area contributed by atoms with Gasteiger partial charge in [0.05, 0.1) is 11.9 Å². The molecule has 0 bridgehead atoms. The fourth-order valence-corrected chi connectivity index (χ4v) is 2.94. The van der Waals surface area contributed by atoms with Crippen LogP contribution in [0.1, 0.15) is 25.3 Å². The van der Waals surface area contributed by atoms with Gasteiger partial charge in [0.1, 0.15) is 0 Å². The number of amides is 2. The molecule has 0 radical (unpaired) electrons. The third kappa shape index (κ3) is 3.61. The summed E-state index contributed by atoms with van der Waals surface area (Å²) < 4.78 is 4.02. The van der Waals surface area contributed by atoms with Gasteiger partial charge in [0.2, 0.25) is 0 Å². The van der Waals surface area contributed by atoms with Gasteiger partial charge in [0, 0.05) is 18.0 Å². The number of carbonyl (C=O) groups excluding carboxylic acids is 1. The molecule has 2 aromatic rings. The summed E-state index contributed by atoms with van der Waals surface area (Å²) >= 11 is 1.34. The Kier molecular flexibility index (Phi) is 4.20. The van der Waals surface area contributed by atoms with Crippen molar-refractivity contribution in [1.82, 2.24) is 9.27 Å². The lowest BCUT2D eigenvalue weighted by Gasteiger charge is -2.29. The molecule has 3 rings (SSSR count). The predicted octanol–water partition coefficient (Wildman–Crippen LogP) is 3.98. The summed E-state index contributed by atoms with van der Waals surface area (Å²) in [5, 5.41) is 4.79. The van der Waals surface area contributed by atoms with Crippen molar-refractivity contribution in [2.75, 3.05) is 5.32 Å². The van der Waals surface area contributed by atoms with E-state index in [2.05, 4.69) is 28.7 Å². The molecule has 0 aliphatic heterocycles. The maximum Gasteiger partial charge on any atom is 0.322 e. The predicted molar refractivity (Wildman–Crippen MR) is 85.3 cm³/mol. The Morgan fingerprint density at radius 1 is 1.43 bits per heavy atom. The summed E-state index contributed by atoms with van der Waals surface area (Å²) in [6, 6.07) is 10.4. The Bertz CT molecular complexity index is 581. The van der Waals surface area contributed by atoms with Crippen LogP contribution in [0.15, 0.2) is 41.9 Å². The first kappa shape index (κ1) is 14.1. The van der Waals surface area contributed by atoms with E-state index < -0.39 is 0 Å². The summed E-state index contributed by atoms with van der Waals surface area (Å²) in [5.74, 6) is 0.639. The molecule has 4 nitrogen and oxygen atoms in total. The van der Waals surface area contributed by atoms with Gasteiger partial charge in [-0.15, -0.1) is 0 Å². The molecule has 1 aromatic heterocycles. The fourth-order valence-electron chi connectivity index (χ4n) is 2.48. The zero-order chi connectivity index (χ0) is 14.7. The number of hydrogen-bond acceptors (Lipinski definition) is 3. The summed E-state index contributed by atoms with van der Waals surface area (Å²) in [6.45, 7) is 2.79. The van der Waals surface area contributed by atoms with E-state index in [9.17, 15) is 4.79 Å². The molecule has 1 aliphatic rings. The lowest BCUT2D eigenvalue weighted by atomic mass is 10.1. The number of benzene rings is 1. The van der Waals surface area contributed by atoms with Gasteiger partial charge in [-0.1, -0.05) is 30.3 Å². The minimum Gasteiger partial charge on any atom is -0.317 e. The Labute approximate surface area is 129 Å². The number of aromatic nitrogens is 1. The van der Waals surface area contributed by atoms with Crippen LogP contribution in [0.3, 0.4) is 0 Å². The third-order valence-corrected chi connectivity index (χ3v) is 4.52. The van der Waals surface area contributed by atoms with Crippen LogP contribution >= 0.6 is 11.5 Å². The number of rotatable bonds is 5. The first-order valence-electron chi connectivity index (χ1n) is 7.25. The molecular formula is C16H19N3OS. The van der Waals surface area contributed by atoms with Crippen molar-refractivity contribution in [2.24, 2.45) is 5.92 Å². The van der Waals surface area contributed by atoms with Gasteiger partial charge in [-0.3, -0.25) is 0 Å². The van der Waals surface area contributed by atoms with E-state index in [4.69, 9.17) is 0 Å². The maximum atomic E-state index is 12.6. The average Bonchev–Trinajstić information content (AvgIpc) is 3.23. The van der Waals surface area contributed by atoms with Gasteiger partial charge < -0.3 is 10.2 Å². The van der Waals surface area contributed by atoms with E-state index in [0.717, 1.165) is 11.3 Å². The summed E-state index contributed by atoms with van der Waals surface area (Å²) in [7, 11) is 0.